The largest absolute Gasteiger partial charge is 0.493 e. The zero-order chi connectivity index (χ0) is 23.4. The predicted octanol–water partition coefficient (Wildman–Crippen LogP) is 4.94. The number of benzene rings is 2. The molecular weight excluding hydrogens is 440 g/mol. The highest BCUT2D eigenvalue weighted by atomic mass is 32.1. The monoisotopic (exact) mass is 462 g/mol. The van der Waals surface area contributed by atoms with Gasteiger partial charge in [0.05, 0.1) is 36.9 Å². The normalized spacial score (nSPS) is 15.2. The lowest BCUT2D eigenvalue weighted by atomic mass is 9.98. The van der Waals surface area contributed by atoms with Crippen LogP contribution in [0.1, 0.15) is 43.9 Å². The van der Waals surface area contributed by atoms with Crippen LogP contribution in [0.5, 0.6) is 11.5 Å². The third kappa shape index (κ3) is 3.21. The number of anilines is 1. The number of nitrogens with zero attached hydrogens (tertiary/aromatic N) is 2. The van der Waals surface area contributed by atoms with Gasteiger partial charge >= 0.3 is 0 Å². The van der Waals surface area contributed by atoms with Crippen molar-refractivity contribution in [2.24, 2.45) is 0 Å². The first-order valence-corrected chi connectivity index (χ1v) is 11.2. The molecule has 0 bridgehead atoms. The first kappa shape index (κ1) is 21.2. The molecule has 1 amide bonds. The molecule has 0 saturated heterocycles. The average Bonchev–Trinajstić information content (AvgIpc) is 3.29. The van der Waals surface area contributed by atoms with Gasteiger partial charge in [0.25, 0.3) is 5.91 Å². The molecule has 1 aliphatic rings. The highest BCUT2D eigenvalue weighted by Crippen LogP contribution is 2.44. The number of carbonyl (C=O) groups excluding carboxylic acids is 1. The van der Waals surface area contributed by atoms with Crippen molar-refractivity contribution >= 4 is 33.3 Å². The van der Waals surface area contributed by atoms with Gasteiger partial charge in [0.15, 0.2) is 22.1 Å². The van der Waals surface area contributed by atoms with E-state index in [1.54, 1.807) is 43.4 Å². The summed E-state index contributed by atoms with van der Waals surface area (Å²) in [5.74, 6) is 0.711. The first-order chi connectivity index (χ1) is 15.8. The smallest absolute Gasteiger partial charge is 0.297 e. The standard InChI is InChI=1S/C25H22N2O5S/c1-12-6-8-17-16(10-12)22(28)20-21(15-7-9-18(30-4)19(11-15)31-5)27(24(29)23(20)32-17)25-26-13(2)14(3)33-25/h6-11,21H,1-5H3/t21-/m1/s1. The molecule has 7 nitrogen and oxygen atoms in total. The van der Waals surface area contributed by atoms with E-state index in [4.69, 9.17) is 13.9 Å². The van der Waals surface area contributed by atoms with E-state index >= 15 is 0 Å². The molecule has 0 fully saturated rings. The van der Waals surface area contributed by atoms with Gasteiger partial charge < -0.3 is 13.9 Å². The number of aromatic nitrogens is 1. The number of carbonyl (C=O) groups is 1. The summed E-state index contributed by atoms with van der Waals surface area (Å²) in [4.78, 5) is 34.5. The minimum atomic E-state index is -0.710. The summed E-state index contributed by atoms with van der Waals surface area (Å²) in [7, 11) is 3.10. The zero-order valence-electron chi connectivity index (χ0n) is 18.9. The van der Waals surface area contributed by atoms with E-state index < -0.39 is 11.9 Å². The van der Waals surface area contributed by atoms with Gasteiger partial charge in [-0.1, -0.05) is 17.7 Å². The minimum absolute atomic E-state index is 0.0432. The molecule has 0 spiro atoms. The topological polar surface area (TPSA) is 81.9 Å². The quantitative estimate of drug-likeness (QED) is 0.427. The number of hydrogen-bond donors (Lipinski definition) is 0. The Balaban J connectivity index is 1.82. The van der Waals surface area contributed by atoms with Crippen molar-refractivity contribution in [3.05, 3.63) is 79.6 Å². The Morgan fingerprint density at radius 3 is 2.42 bits per heavy atom. The highest BCUT2D eigenvalue weighted by Gasteiger charge is 2.45. The molecule has 4 aromatic rings. The number of methoxy groups -OCH3 is 2. The zero-order valence-corrected chi connectivity index (χ0v) is 19.7. The number of rotatable bonds is 4. The van der Waals surface area contributed by atoms with Crippen LogP contribution in [-0.4, -0.2) is 25.1 Å². The summed E-state index contributed by atoms with van der Waals surface area (Å²) >= 11 is 1.41. The molecule has 5 rings (SSSR count). The van der Waals surface area contributed by atoms with Crippen molar-refractivity contribution < 1.29 is 18.7 Å². The van der Waals surface area contributed by atoms with Crippen LogP contribution in [0.3, 0.4) is 0 Å². The Morgan fingerprint density at radius 2 is 1.76 bits per heavy atom. The maximum Gasteiger partial charge on any atom is 0.297 e. The Kier molecular flexibility index (Phi) is 4.97. The van der Waals surface area contributed by atoms with E-state index in [1.165, 1.54) is 11.3 Å². The van der Waals surface area contributed by atoms with E-state index in [0.717, 1.165) is 16.1 Å². The second-order valence-electron chi connectivity index (χ2n) is 8.00. The average molecular weight is 463 g/mol. The van der Waals surface area contributed by atoms with Crippen molar-refractivity contribution in [2.45, 2.75) is 26.8 Å². The van der Waals surface area contributed by atoms with Crippen LogP contribution in [0.15, 0.2) is 45.6 Å². The molecule has 0 saturated carbocycles. The lowest BCUT2D eigenvalue weighted by molar-refractivity contribution is 0.0971. The lowest BCUT2D eigenvalue weighted by Crippen LogP contribution is -2.29. The van der Waals surface area contributed by atoms with Gasteiger partial charge in [0, 0.05) is 4.88 Å². The van der Waals surface area contributed by atoms with E-state index in [-0.39, 0.29) is 11.2 Å². The van der Waals surface area contributed by atoms with E-state index in [2.05, 4.69) is 4.98 Å². The number of aryl methyl sites for hydroxylation is 3. The van der Waals surface area contributed by atoms with Crippen molar-refractivity contribution in [3.8, 4) is 11.5 Å². The molecule has 2 aromatic carbocycles. The molecule has 0 unspecified atom stereocenters. The molecular formula is C25H22N2O5S. The predicted molar refractivity (Wildman–Crippen MR) is 127 cm³/mol. The van der Waals surface area contributed by atoms with Gasteiger partial charge in [0.2, 0.25) is 5.76 Å². The summed E-state index contributed by atoms with van der Waals surface area (Å²) in [5.41, 5.74) is 2.93. The van der Waals surface area contributed by atoms with Crippen LogP contribution in [0.2, 0.25) is 0 Å². The number of fused-ring (bicyclic) bond motifs is 2. The van der Waals surface area contributed by atoms with Gasteiger partial charge in [0.1, 0.15) is 5.58 Å². The number of hydrogen-bond acceptors (Lipinski definition) is 7. The first-order valence-electron chi connectivity index (χ1n) is 10.4. The van der Waals surface area contributed by atoms with E-state index in [0.29, 0.717) is 38.7 Å². The lowest BCUT2D eigenvalue weighted by Gasteiger charge is -2.23. The summed E-state index contributed by atoms with van der Waals surface area (Å²) in [6.07, 6.45) is 0. The Morgan fingerprint density at radius 1 is 1.00 bits per heavy atom. The van der Waals surface area contributed by atoms with Gasteiger partial charge in [-0.25, -0.2) is 4.98 Å². The maximum absolute atomic E-state index is 13.7. The van der Waals surface area contributed by atoms with Crippen LogP contribution in [-0.2, 0) is 0 Å². The molecule has 0 aliphatic carbocycles. The van der Waals surface area contributed by atoms with Gasteiger partial charge in [-0.3, -0.25) is 14.5 Å². The van der Waals surface area contributed by atoms with Crippen LogP contribution in [0.25, 0.3) is 11.0 Å². The van der Waals surface area contributed by atoms with Crippen molar-refractivity contribution in [1.29, 1.82) is 0 Å². The molecule has 33 heavy (non-hydrogen) atoms. The maximum atomic E-state index is 13.7. The van der Waals surface area contributed by atoms with Crippen molar-refractivity contribution in [1.82, 2.24) is 4.98 Å². The van der Waals surface area contributed by atoms with Gasteiger partial charge in [-0.05, 0) is 50.6 Å². The summed E-state index contributed by atoms with van der Waals surface area (Å²) < 4.78 is 16.9. The SMILES string of the molecule is COc1ccc([C@@H]2c3c(oc4ccc(C)cc4c3=O)C(=O)N2c2nc(C)c(C)s2)cc1OC. The summed E-state index contributed by atoms with van der Waals surface area (Å²) in [5, 5.41) is 0.959. The molecule has 0 radical (unpaired) electrons. The van der Waals surface area contributed by atoms with Crippen LogP contribution in [0, 0.1) is 20.8 Å². The molecule has 3 heterocycles. The fourth-order valence-corrected chi connectivity index (χ4v) is 5.12. The Bertz CT molecular complexity index is 1470. The number of ether oxygens (including phenoxy) is 2. The molecule has 0 N–H and O–H groups in total. The number of amides is 1. The summed E-state index contributed by atoms with van der Waals surface area (Å²) in [6.45, 7) is 5.77. The molecule has 2 aromatic heterocycles. The molecule has 1 atom stereocenters. The van der Waals surface area contributed by atoms with Crippen LogP contribution >= 0.6 is 11.3 Å². The van der Waals surface area contributed by atoms with Gasteiger partial charge in [-0.15, -0.1) is 11.3 Å². The minimum Gasteiger partial charge on any atom is -0.493 e. The van der Waals surface area contributed by atoms with Crippen molar-refractivity contribution in [2.75, 3.05) is 19.1 Å². The second kappa shape index (κ2) is 7.74. The van der Waals surface area contributed by atoms with Crippen molar-refractivity contribution in [3.63, 3.8) is 0 Å². The van der Waals surface area contributed by atoms with E-state index in [1.807, 2.05) is 32.9 Å². The summed E-state index contributed by atoms with van der Waals surface area (Å²) in [6, 6.07) is 10.0. The fraction of sp³-hybridized carbons (Fsp3) is 0.240. The third-order valence-corrected chi connectivity index (χ3v) is 7.04. The number of thiazole rings is 1. The Labute approximate surface area is 194 Å². The van der Waals surface area contributed by atoms with Crippen LogP contribution < -0.4 is 19.8 Å². The molecule has 1 aliphatic heterocycles. The van der Waals surface area contributed by atoms with Gasteiger partial charge in [-0.2, -0.15) is 0 Å². The second-order valence-corrected chi connectivity index (χ2v) is 9.19. The van der Waals surface area contributed by atoms with Crippen LogP contribution in [0.4, 0.5) is 5.13 Å². The third-order valence-electron chi connectivity index (χ3n) is 5.97. The molecule has 8 heteroatoms. The highest BCUT2D eigenvalue weighted by molar-refractivity contribution is 7.15. The Hall–Kier alpha value is -3.65. The van der Waals surface area contributed by atoms with E-state index in [9.17, 15) is 9.59 Å². The fourth-order valence-electron chi connectivity index (χ4n) is 4.18. The molecule has 168 valence electrons.